The molecular formula is C26H55N5O5. The van der Waals surface area contributed by atoms with Crippen LogP contribution in [0.5, 0.6) is 0 Å². The summed E-state index contributed by atoms with van der Waals surface area (Å²) >= 11 is 0. The number of rotatable bonds is 12. The van der Waals surface area contributed by atoms with Gasteiger partial charge in [0, 0.05) is 45.8 Å². The second-order valence-electron chi connectivity index (χ2n) is 7.99. The fourth-order valence-corrected chi connectivity index (χ4v) is 3.34. The summed E-state index contributed by atoms with van der Waals surface area (Å²) in [5.74, 6) is -0.940. The third kappa shape index (κ3) is 22.6. The lowest BCUT2D eigenvalue weighted by Gasteiger charge is -2.24. The van der Waals surface area contributed by atoms with Crippen molar-refractivity contribution in [2.24, 2.45) is 5.73 Å². The highest BCUT2D eigenvalue weighted by atomic mass is 16.4. The maximum atomic E-state index is 12.3. The van der Waals surface area contributed by atoms with Gasteiger partial charge in [-0.15, -0.1) is 0 Å². The number of carbonyl (C=O) groups is 4. The third-order valence-electron chi connectivity index (χ3n) is 5.16. The van der Waals surface area contributed by atoms with Crippen molar-refractivity contribution in [1.29, 1.82) is 0 Å². The lowest BCUT2D eigenvalue weighted by Crippen LogP contribution is -2.43. The van der Waals surface area contributed by atoms with Gasteiger partial charge in [-0.3, -0.25) is 33.9 Å². The number of carbonyl (C=O) groups excluding carboxylic acids is 3. The lowest BCUT2D eigenvalue weighted by atomic mass is 10.1. The van der Waals surface area contributed by atoms with E-state index in [1.165, 1.54) is 13.8 Å². The molecule has 10 heteroatoms. The average molecular weight is 518 g/mol. The average Bonchev–Trinajstić information content (AvgIpc) is 2.93. The number of unbranched alkanes of at least 4 members (excludes halogenated alkanes) is 1. The number of hydrogen-bond acceptors (Lipinski definition) is 8. The van der Waals surface area contributed by atoms with E-state index in [0.717, 1.165) is 12.8 Å². The van der Waals surface area contributed by atoms with Gasteiger partial charge in [0.05, 0.1) is 25.7 Å². The predicted molar refractivity (Wildman–Crippen MR) is 147 cm³/mol. The first-order valence-electron chi connectivity index (χ1n) is 13.6. The van der Waals surface area contributed by atoms with Gasteiger partial charge >= 0.3 is 5.97 Å². The second kappa shape index (κ2) is 26.2. The summed E-state index contributed by atoms with van der Waals surface area (Å²) in [6, 6.07) is -0.433. The van der Waals surface area contributed by atoms with Gasteiger partial charge in [-0.2, -0.15) is 0 Å². The van der Waals surface area contributed by atoms with Crippen LogP contribution in [0.1, 0.15) is 74.7 Å². The number of nitrogens with two attached hydrogens (primary N) is 1. The van der Waals surface area contributed by atoms with E-state index < -0.39 is 12.0 Å². The van der Waals surface area contributed by atoms with Crippen molar-refractivity contribution in [3.8, 4) is 0 Å². The summed E-state index contributed by atoms with van der Waals surface area (Å²) in [5, 5.41) is 12.0. The van der Waals surface area contributed by atoms with Crippen LogP contribution >= 0.6 is 0 Å². The van der Waals surface area contributed by atoms with Crippen LogP contribution in [0.2, 0.25) is 0 Å². The Morgan fingerprint density at radius 1 is 0.750 bits per heavy atom. The van der Waals surface area contributed by atoms with Gasteiger partial charge in [0.1, 0.15) is 11.6 Å². The standard InChI is InChI=1S/C20H37N5O5.3C2H6/c1-16(26)13-23-7-9-24(10-12-25(11-8-23)15-20(29)30)14-19(28)22-6-4-3-5-18(21)17(2)27;3*1-2/h18H,3-15,21H2,1-2H3,(H,22,28)(H,29,30);3*1-2H3. The minimum absolute atomic E-state index is 0.0252. The predicted octanol–water partition coefficient (Wildman–Crippen LogP) is 1.86. The number of amides is 1. The van der Waals surface area contributed by atoms with Gasteiger partial charge in [-0.25, -0.2) is 0 Å². The molecule has 1 amide bonds. The minimum atomic E-state index is -0.888. The van der Waals surface area contributed by atoms with Crippen LogP contribution in [0.3, 0.4) is 0 Å². The van der Waals surface area contributed by atoms with E-state index in [2.05, 4.69) is 5.32 Å². The van der Waals surface area contributed by atoms with Gasteiger partial charge in [0.15, 0.2) is 0 Å². The Bertz CT molecular complexity index is 561. The fourth-order valence-electron chi connectivity index (χ4n) is 3.34. The molecule has 36 heavy (non-hydrogen) atoms. The van der Waals surface area contributed by atoms with E-state index in [1.807, 2.05) is 56.2 Å². The first kappa shape index (κ1) is 38.6. The Labute approximate surface area is 219 Å². The summed E-state index contributed by atoms with van der Waals surface area (Å²) in [4.78, 5) is 51.9. The highest BCUT2D eigenvalue weighted by Gasteiger charge is 2.20. The molecule has 10 nitrogen and oxygen atoms in total. The van der Waals surface area contributed by atoms with Gasteiger partial charge < -0.3 is 16.2 Å². The van der Waals surface area contributed by atoms with Crippen molar-refractivity contribution in [2.75, 3.05) is 65.4 Å². The second-order valence-corrected chi connectivity index (χ2v) is 7.99. The Hall–Kier alpha value is -1.88. The van der Waals surface area contributed by atoms with Crippen LogP contribution in [0, 0.1) is 0 Å². The van der Waals surface area contributed by atoms with Crippen LogP contribution in [0.15, 0.2) is 0 Å². The van der Waals surface area contributed by atoms with E-state index in [1.54, 1.807) is 0 Å². The Balaban J connectivity index is -0.00000168. The smallest absolute Gasteiger partial charge is 0.317 e. The van der Waals surface area contributed by atoms with Crippen molar-refractivity contribution in [3.63, 3.8) is 0 Å². The maximum Gasteiger partial charge on any atom is 0.317 e. The van der Waals surface area contributed by atoms with E-state index >= 15 is 0 Å². The monoisotopic (exact) mass is 517 g/mol. The molecule has 1 saturated heterocycles. The molecule has 0 radical (unpaired) electrons. The normalized spacial score (nSPS) is 15.6. The molecule has 1 rings (SSSR count). The molecule has 214 valence electrons. The molecule has 0 bridgehead atoms. The number of hydrogen-bond donors (Lipinski definition) is 3. The highest BCUT2D eigenvalue weighted by Crippen LogP contribution is 2.02. The molecule has 1 fully saturated rings. The van der Waals surface area contributed by atoms with Crippen molar-refractivity contribution < 1.29 is 24.3 Å². The van der Waals surface area contributed by atoms with E-state index in [9.17, 15) is 19.2 Å². The first-order chi connectivity index (χ1) is 17.2. The van der Waals surface area contributed by atoms with Gasteiger partial charge in [-0.05, 0) is 33.1 Å². The Kier molecular flexibility index (Phi) is 28.1. The summed E-state index contributed by atoms with van der Waals surface area (Å²) in [5.41, 5.74) is 5.70. The maximum absolute atomic E-state index is 12.3. The molecule has 1 aliphatic rings. The molecule has 1 unspecified atom stereocenters. The third-order valence-corrected chi connectivity index (χ3v) is 5.16. The van der Waals surface area contributed by atoms with Gasteiger partial charge in [0.2, 0.25) is 5.91 Å². The number of ketones is 2. The van der Waals surface area contributed by atoms with Crippen molar-refractivity contribution >= 4 is 23.4 Å². The summed E-state index contributed by atoms with van der Waals surface area (Å²) < 4.78 is 0. The molecule has 1 aliphatic heterocycles. The molecule has 0 aromatic carbocycles. The molecule has 4 N–H and O–H groups in total. The van der Waals surface area contributed by atoms with Gasteiger partial charge in [-0.1, -0.05) is 41.5 Å². The number of carboxylic acids is 1. The summed E-state index contributed by atoms with van der Waals surface area (Å²) in [6.07, 6.45) is 2.14. The number of nitrogens with one attached hydrogen (secondary N) is 1. The van der Waals surface area contributed by atoms with Crippen LogP contribution in [0.4, 0.5) is 0 Å². The minimum Gasteiger partial charge on any atom is -0.480 e. The van der Waals surface area contributed by atoms with Crippen molar-refractivity contribution in [2.45, 2.75) is 80.7 Å². The topological polar surface area (TPSA) is 136 Å². The van der Waals surface area contributed by atoms with Gasteiger partial charge in [0.25, 0.3) is 0 Å². The van der Waals surface area contributed by atoms with Crippen LogP contribution in [-0.4, -0.2) is 115 Å². The number of carboxylic acid groups (broad SMARTS) is 1. The van der Waals surface area contributed by atoms with E-state index in [4.69, 9.17) is 10.8 Å². The zero-order chi connectivity index (χ0) is 28.5. The summed E-state index contributed by atoms with van der Waals surface area (Å²) in [6.45, 7) is 19.6. The number of Topliss-reactive ketones (excluding diaryl/α,β-unsaturated/α-hetero) is 2. The molecule has 0 spiro atoms. The van der Waals surface area contributed by atoms with Crippen LogP contribution in [-0.2, 0) is 19.2 Å². The fraction of sp³-hybridized carbons (Fsp3) is 0.846. The number of aliphatic carboxylic acids is 1. The molecule has 1 heterocycles. The van der Waals surface area contributed by atoms with Crippen LogP contribution in [0.25, 0.3) is 0 Å². The highest BCUT2D eigenvalue weighted by molar-refractivity contribution is 5.81. The van der Waals surface area contributed by atoms with E-state index in [0.29, 0.717) is 58.8 Å². The summed E-state index contributed by atoms with van der Waals surface area (Å²) in [7, 11) is 0. The van der Waals surface area contributed by atoms with Crippen molar-refractivity contribution in [3.05, 3.63) is 0 Å². The number of nitrogens with zero attached hydrogens (tertiary/aromatic N) is 3. The van der Waals surface area contributed by atoms with E-state index in [-0.39, 0.29) is 30.6 Å². The quantitative estimate of drug-likeness (QED) is 0.331. The molecule has 0 saturated carbocycles. The zero-order valence-electron chi connectivity index (χ0n) is 24.3. The molecule has 0 aliphatic carbocycles. The zero-order valence-corrected chi connectivity index (χ0v) is 24.3. The van der Waals surface area contributed by atoms with Crippen molar-refractivity contribution in [1.82, 2.24) is 20.0 Å². The SMILES string of the molecule is CC.CC.CC.CC(=O)CN1CCN(CC(=O)O)CCN(CC(=O)NCCCCC(N)C(C)=O)CC1. The molecule has 0 aromatic rings. The lowest BCUT2D eigenvalue weighted by molar-refractivity contribution is -0.138. The molecular weight excluding hydrogens is 462 g/mol. The largest absolute Gasteiger partial charge is 0.480 e. The molecule has 1 atom stereocenters. The van der Waals surface area contributed by atoms with Crippen LogP contribution < -0.4 is 11.1 Å². The molecule has 0 aromatic heterocycles. The first-order valence-corrected chi connectivity index (χ1v) is 13.6. The Morgan fingerprint density at radius 2 is 1.17 bits per heavy atom. The Morgan fingerprint density at radius 3 is 1.56 bits per heavy atom.